The number of hydrazine groups is 1. The summed E-state index contributed by atoms with van der Waals surface area (Å²) in [6.45, 7) is 6.09. The lowest BCUT2D eigenvalue weighted by Gasteiger charge is -2.38. The summed E-state index contributed by atoms with van der Waals surface area (Å²) < 4.78 is 0. The van der Waals surface area contributed by atoms with Gasteiger partial charge in [0, 0.05) is 23.8 Å². The third kappa shape index (κ3) is 3.01. The standard InChI is InChI=1S/C13H20N4O2/c1-9-7-8-12(17(18)19)13(14-9)15-16-10(2)5-4-6-11(16)3/h7-8,10-11H,4-6H2,1-3H3,(H,14,15). The molecule has 6 heteroatoms. The van der Waals surface area contributed by atoms with Crippen LogP contribution in [0.15, 0.2) is 12.1 Å². The van der Waals surface area contributed by atoms with Gasteiger partial charge in [-0.25, -0.2) is 9.99 Å². The minimum absolute atomic E-state index is 0.0237. The Morgan fingerprint density at radius 3 is 2.58 bits per heavy atom. The molecule has 1 fully saturated rings. The van der Waals surface area contributed by atoms with E-state index in [0.29, 0.717) is 17.9 Å². The van der Waals surface area contributed by atoms with Gasteiger partial charge < -0.3 is 0 Å². The lowest BCUT2D eigenvalue weighted by atomic mass is 10.00. The van der Waals surface area contributed by atoms with Crippen molar-refractivity contribution in [2.75, 3.05) is 5.43 Å². The first-order valence-corrected chi connectivity index (χ1v) is 6.66. The summed E-state index contributed by atoms with van der Waals surface area (Å²) in [5.41, 5.74) is 3.94. The molecule has 0 aromatic carbocycles. The van der Waals surface area contributed by atoms with Gasteiger partial charge in [0.15, 0.2) is 0 Å². The molecule has 0 radical (unpaired) electrons. The minimum Gasteiger partial charge on any atom is -0.297 e. The van der Waals surface area contributed by atoms with E-state index < -0.39 is 4.92 Å². The fraction of sp³-hybridized carbons (Fsp3) is 0.615. The molecule has 0 saturated carbocycles. The van der Waals surface area contributed by atoms with Crippen molar-refractivity contribution < 1.29 is 4.92 Å². The zero-order valence-electron chi connectivity index (χ0n) is 11.6. The third-order valence-corrected chi connectivity index (χ3v) is 3.64. The van der Waals surface area contributed by atoms with Crippen molar-refractivity contribution in [3.63, 3.8) is 0 Å². The summed E-state index contributed by atoms with van der Waals surface area (Å²) in [5, 5.41) is 13.1. The van der Waals surface area contributed by atoms with Gasteiger partial charge in [0.1, 0.15) is 0 Å². The largest absolute Gasteiger partial charge is 0.312 e. The highest BCUT2D eigenvalue weighted by molar-refractivity contribution is 5.55. The number of hydrogen-bond donors (Lipinski definition) is 1. The number of aryl methyl sites for hydroxylation is 1. The summed E-state index contributed by atoms with van der Waals surface area (Å²) in [4.78, 5) is 14.9. The van der Waals surface area contributed by atoms with Crippen LogP contribution in [0.3, 0.4) is 0 Å². The number of rotatable bonds is 3. The van der Waals surface area contributed by atoms with Crippen LogP contribution in [0.1, 0.15) is 38.8 Å². The van der Waals surface area contributed by atoms with E-state index in [2.05, 4.69) is 29.3 Å². The Morgan fingerprint density at radius 1 is 1.37 bits per heavy atom. The van der Waals surface area contributed by atoms with Crippen LogP contribution in [0.2, 0.25) is 0 Å². The third-order valence-electron chi connectivity index (χ3n) is 3.64. The van der Waals surface area contributed by atoms with E-state index in [9.17, 15) is 10.1 Å². The first-order chi connectivity index (χ1) is 8.99. The van der Waals surface area contributed by atoms with Crippen LogP contribution >= 0.6 is 0 Å². The fourth-order valence-corrected chi connectivity index (χ4v) is 2.54. The molecule has 0 amide bonds. The Bertz CT molecular complexity index is 468. The van der Waals surface area contributed by atoms with E-state index in [0.717, 1.165) is 18.5 Å². The molecule has 1 saturated heterocycles. The minimum atomic E-state index is -0.395. The van der Waals surface area contributed by atoms with Crippen molar-refractivity contribution in [3.05, 3.63) is 27.9 Å². The van der Waals surface area contributed by atoms with Crippen molar-refractivity contribution in [1.82, 2.24) is 9.99 Å². The maximum Gasteiger partial charge on any atom is 0.312 e. The van der Waals surface area contributed by atoms with Crippen LogP contribution in [0.5, 0.6) is 0 Å². The molecular formula is C13H20N4O2. The van der Waals surface area contributed by atoms with Gasteiger partial charge in [0.2, 0.25) is 5.82 Å². The smallest absolute Gasteiger partial charge is 0.297 e. The van der Waals surface area contributed by atoms with Gasteiger partial charge in [0.05, 0.1) is 4.92 Å². The zero-order chi connectivity index (χ0) is 14.0. The second-order valence-corrected chi connectivity index (χ2v) is 5.23. The summed E-state index contributed by atoms with van der Waals surface area (Å²) in [6, 6.07) is 3.87. The Hall–Kier alpha value is -1.69. The van der Waals surface area contributed by atoms with Crippen molar-refractivity contribution >= 4 is 11.5 Å². The first-order valence-electron chi connectivity index (χ1n) is 6.66. The van der Waals surface area contributed by atoms with E-state index in [1.807, 2.05) is 6.92 Å². The molecule has 0 aliphatic carbocycles. The normalized spacial score (nSPS) is 24.2. The van der Waals surface area contributed by atoms with E-state index in [1.165, 1.54) is 12.5 Å². The van der Waals surface area contributed by atoms with Crippen LogP contribution < -0.4 is 5.43 Å². The molecule has 104 valence electrons. The average Bonchev–Trinajstić information content (AvgIpc) is 2.33. The summed E-state index contributed by atoms with van der Waals surface area (Å²) in [5.74, 6) is 0.339. The highest BCUT2D eigenvalue weighted by Crippen LogP contribution is 2.27. The van der Waals surface area contributed by atoms with Gasteiger partial charge in [-0.3, -0.25) is 15.5 Å². The van der Waals surface area contributed by atoms with Crippen LogP contribution in [0, 0.1) is 17.0 Å². The van der Waals surface area contributed by atoms with Crippen molar-refractivity contribution in [3.8, 4) is 0 Å². The summed E-state index contributed by atoms with van der Waals surface area (Å²) in [7, 11) is 0. The number of aromatic nitrogens is 1. The molecule has 1 N–H and O–H groups in total. The van der Waals surface area contributed by atoms with Crippen LogP contribution in [0.25, 0.3) is 0 Å². The number of piperidine rings is 1. The van der Waals surface area contributed by atoms with Gasteiger partial charge in [-0.05, 0) is 39.7 Å². The van der Waals surface area contributed by atoms with E-state index >= 15 is 0 Å². The Labute approximate surface area is 112 Å². The lowest BCUT2D eigenvalue weighted by Crippen LogP contribution is -2.47. The topological polar surface area (TPSA) is 71.3 Å². The summed E-state index contributed by atoms with van der Waals surface area (Å²) in [6.07, 6.45) is 3.39. The molecule has 19 heavy (non-hydrogen) atoms. The van der Waals surface area contributed by atoms with Gasteiger partial charge >= 0.3 is 5.69 Å². The van der Waals surface area contributed by atoms with Crippen LogP contribution in [0.4, 0.5) is 11.5 Å². The Kier molecular flexibility index (Phi) is 3.99. The number of hydrogen-bond acceptors (Lipinski definition) is 5. The second-order valence-electron chi connectivity index (χ2n) is 5.23. The van der Waals surface area contributed by atoms with Crippen molar-refractivity contribution in [2.45, 2.75) is 52.1 Å². The van der Waals surface area contributed by atoms with Gasteiger partial charge in [-0.15, -0.1) is 0 Å². The SMILES string of the molecule is Cc1ccc([N+](=O)[O-])c(NN2C(C)CCCC2C)n1. The quantitative estimate of drug-likeness (QED) is 0.671. The molecule has 0 bridgehead atoms. The molecule has 2 heterocycles. The number of pyridine rings is 1. The molecule has 2 rings (SSSR count). The Balaban J connectivity index is 2.26. The average molecular weight is 264 g/mol. The molecule has 1 aromatic heterocycles. The highest BCUT2D eigenvalue weighted by Gasteiger charge is 2.27. The molecule has 2 atom stereocenters. The highest BCUT2D eigenvalue weighted by atomic mass is 16.6. The van der Waals surface area contributed by atoms with Crippen LogP contribution in [-0.2, 0) is 0 Å². The lowest BCUT2D eigenvalue weighted by molar-refractivity contribution is -0.384. The van der Waals surface area contributed by atoms with Crippen molar-refractivity contribution in [1.29, 1.82) is 0 Å². The molecule has 1 aliphatic rings. The monoisotopic (exact) mass is 264 g/mol. The Morgan fingerprint density at radius 2 is 2.00 bits per heavy atom. The number of nitro groups is 1. The molecule has 2 unspecified atom stereocenters. The predicted octanol–water partition coefficient (Wildman–Crippen LogP) is 2.89. The number of nitrogens with zero attached hydrogens (tertiary/aromatic N) is 3. The number of nitrogens with one attached hydrogen (secondary N) is 1. The van der Waals surface area contributed by atoms with Gasteiger partial charge in [0.25, 0.3) is 0 Å². The van der Waals surface area contributed by atoms with Gasteiger partial charge in [-0.1, -0.05) is 6.42 Å². The second kappa shape index (κ2) is 5.52. The molecule has 0 spiro atoms. The number of anilines is 1. The van der Waals surface area contributed by atoms with E-state index in [1.54, 1.807) is 6.07 Å². The summed E-state index contributed by atoms with van der Waals surface area (Å²) >= 11 is 0. The fourth-order valence-electron chi connectivity index (χ4n) is 2.54. The predicted molar refractivity (Wildman–Crippen MR) is 73.9 cm³/mol. The van der Waals surface area contributed by atoms with Crippen LogP contribution in [-0.4, -0.2) is 27.0 Å². The van der Waals surface area contributed by atoms with E-state index in [-0.39, 0.29) is 5.69 Å². The molecule has 1 aromatic rings. The molecule has 6 nitrogen and oxygen atoms in total. The maximum atomic E-state index is 11.0. The molecular weight excluding hydrogens is 244 g/mol. The zero-order valence-corrected chi connectivity index (χ0v) is 11.6. The maximum absolute atomic E-state index is 11.0. The van der Waals surface area contributed by atoms with Gasteiger partial charge in [-0.2, -0.15) is 0 Å². The van der Waals surface area contributed by atoms with Crippen molar-refractivity contribution in [2.24, 2.45) is 0 Å². The van der Waals surface area contributed by atoms with E-state index in [4.69, 9.17) is 0 Å². The molecule has 1 aliphatic heterocycles. The first kappa shape index (κ1) is 13.7.